The summed E-state index contributed by atoms with van der Waals surface area (Å²) < 4.78 is 13.7. The highest BCUT2D eigenvalue weighted by Crippen LogP contribution is 2.29. The highest BCUT2D eigenvalue weighted by Gasteiger charge is 2.17. The lowest BCUT2D eigenvalue weighted by atomic mass is 10.1. The summed E-state index contributed by atoms with van der Waals surface area (Å²) in [6.07, 6.45) is 2.23. The average molecular weight is 269 g/mol. The number of benzene rings is 1. The molecule has 1 heterocycles. The number of rotatable bonds is 1. The first-order valence-electron chi connectivity index (χ1n) is 4.86. The van der Waals surface area contributed by atoms with E-state index in [1.807, 2.05) is 0 Å². The first kappa shape index (κ1) is 10.4. The van der Waals surface area contributed by atoms with E-state index in [-0.39, 0.29) is 5.82 Å². The molecule has 1 aliphatic heterocycles. The number of nitrogens with zero attached hydrogens (tertiary/aromatic N) is 2. The molecule has 0 saturated carbocycles. The predicted molar refractivity (Wildman–Crippen MR) is 60.3 cm³/mol. The summed E-state index contributed by atoms with van der Waals surface area (Å²) in [5.74, 6) is -0.309. The molecule has 2 rings (SSSR count). The van der Waals surface area contributed by atoms with Crippen LogP contribution in [-0.4, -0.2) is 13.1 Å². The second-order valence-corrected chi connectivity index (χ2v) is 4.44. The summed E-state index contributed by atoms with van der Waals surface area (Å²) in [7, 11) is 0. The van der Waals surface area contributed by atoms with Crippen LogP contribution in [0.25, 0.3) is 0 Å². The van der Waals surface area contributed by atoms with Crippen molar-refractivity contribution < 1.29 is 4.39 Å². The van der Waals surface area contributed by atoms with E-state index >= 15 is 0 Å². The molecule has 0 bridgehead atoms. The van der Waals surface area contributed by atoms with Crippen molar-refractivity contribution in [3.05, 3.63) is 28.0 Å². The minimum Gasteiger partial charge on any atom is -0.370 e. The van der Waals surface area contributed by atoms with Crippen LogP contribution in [0.1, 0.15) is 18.4 Å². The van der Waals surface area contributed by atoms with Gasteiger partial charge in [-0.25, -0.2) is 4.39 Å². The van der Waals surface area contributed by atoms with Crippen molar-refractivity contribution in [1.82, 2.24) is 0 Å². The molecular formula is C11H10BrFN2. The van der Waals surface area contributed by atoms with E-state index < -0.39 is 0 Å². The molecule has 0 unspecified atom stereocenters. The maximum absolute atomic E-state index is 13.4. The van der Waals surface area contributed by atoms with Crippen LogP contribution < -0.4 is 4.90 Å². The van der Waals surface area contributed by atoms with E-state index in [9.17, 15) is 4.39 Å². The van der Waals surface area contributed by atoms with Gasteiger partial charge in [0, 0.05) is 13.1 Å². The lowest BCUT2D eigenvalue weighted by Crippen LogP contribution is -2.19. The Morgan fingerprint density at radius 2 is 2.00 bits per heavy atom. The first-order chi connectivity index (χ1) is 7.22. The molecule has 1 aromatic rings. The van der Waals surface area contributed by atoms with Gasteiger partial charge in [0.15, 0.2) is 0 Å². The van der Waals surface area contributed by atoms with Gasteiger partial charge in [-0.2, -0.15) is 5.26 Å². The molecule has 1 aliphatic rings. The Morgan fingerprint density at radius 3 is 2.60 bits per heavy atom. The van der Waals surface area contributed by atoms with Gasteiger partial charge >= 0.3 is 0 Å². The third-order valence-corrected chi connectivity index (χ3v) is 3.21. The molecule has 4 heteroatoms. The Labute approximate surface area is 96.4 Å². The van der Waals surface area contributed by atoms with Crippen LogP contribution in [0.5, 0.6) is 0 Å². The topological polar surface area (TPSA) is 27.0 Å². The Balaban J connectivity index is 2.45. The summed E-state index contributed by atoms with van der Waals surface area (Å²) >= 11 is 3.08. The number of halogens is 2. The van der Waals surface area contributed by atoms with Crippen LogP contribution in [0.15, 0.2) is 16.6 Å². The lowest BCUT2D eigenvalue weighted by molar-refractivity contribution is 0.620. The molecule has 0 aliphatic carbocycles. The van der Waals surface area contributed by atoms with E-state index in [4.69, 9.17) is 5.26 Å². The molecule has 15 heavy (non-hydrogen) atoms. The zero-order valence-electron chi connectivity index (χ0n) is 8.13. The number of hydrogen-bond donors (Lipinski definition) is 0. The van der Waals surface area contributed by atoms with Crippen molar-refractivity contribution in [3.63, 3.8) is 0 Å². The van der Waals surface area contributed by atoms with E-state index in [1.165, 1.54) is 6.07 Å². The fraction of sp³-hybridized carbons (Fsp3) is 0.364. The van der Waals surface area contributed by atoms with Gasteiger partial charge in [0.2, 0.25) is 0 Å². The molecule has 1 fully saturated rings. The van der Waals surface area contributed by atoms with Crippen LogP contribution >= 0.6 is 15.9 Å². The second-order valence-electron chi connectivity index (χ2n) is 3.59. The number of hydrogen-bond acceptors (Lipinski definition) is 2. The van der Waals surface area contributed by atoms with Crippen LogP contribution in [0, 0.1) is 17.1 Å². The maximum atomic E-state index is 13.4. The van der Waals surface area contributed by atoms with E-state index in [0.29, 0.717) is 10.0 Å². The van der Waals surface area contributed by atoms with Crippen molar-refractivity contribution in [3.8, 4) is 6.07 Å². The van der Waals surface area contributed by atoms with Gasteiger partial charge in [-0.15, -0.1) is 0 Å². The Hall–Kier alpha value is -1.08. The minimum atomic E-state index is -0.309. The van der Waals surface area contributed by atoms with Crippen LogP contribution in [0.3, 0.4) is 0 Å². The Kier molecular flexibility index (Phi) is 2.92. The second kappa shape index (κ2) is 4.19. The van der Waals surface area contributed by atoms with Gasteiger partial charge in [-0.05, 0) is 40.9 Å². The zero-order chi connectivity index (χ0) is 10.8. The quantitative estimate of drug-likeness (QED) is 0.783. The summed E-state index contributed by atoms with van der Waals surface area (Å²) in [6.45, 7) is 1.82. The predicted octanol–water partition coefficient (Wildman–Crippen LogP) is 3.06. The van der Waals surface area contributed by atoms with Crippen LogP contribution in [0.4, 0.5) is 10.1 Å². The highest BCUT2D eigenvalue weighted by molar-refractivity contribution is 9.10. The molecule has 0 radical (unpaired) electrons. The van der Waals surface area contributed by atoms with Crippen molar-refractivity contribution in [1.29, 1.82) is 5.26 Å². The smallest absolute Gasteiger partial charge is 0.139 e. The molecule has 1 aromatic carbocycles. The van der Waals surface area contributed by atoms with Gasteiger partial charge in [0.1, 0.15) is 11.9 Å². The van der Waals surface area contributed by atoms with Gasteiger partial charge in [0.25, 0.3) is 0 Å². The fourth-order valence-electron chi connectivity index (χ4n) is 1.85. The molecule has 0 aromatic heterocycles. The van der Waals surface area contributed by atoms with Crippen LogP contribution in [-0.2, 0) is 0 Å². The Bertz CT molecular complexity index is 419. The first-order valence-corrected chi connectivity index (χ1v) is 5.66. The molecule has 0 atom stereocenters. The normalized spacial score (nSPS) is 15.4. The monoisotopic (exact) mass is 268 g/mol. The summed E-state index contributed by atoms with van der Waals surface area (Å²) in [6, 6.07) is 5.09. The van der Waals surface area contributed by atoms with E-state index in [2.05, 4.69) is 26.9 Å². The van der Waals surface area contributed by atoms with Crippen LogP contribution in [0.2, 0.25) is 0 Å². The number of anilines is 1. The van der Waals surface area contributed by atoms with Crippen molar-refractivity contribution in [2.45, 2.75) is 12.8 Å². The molecule has 0 N–H and O–H groups in total. The van der Waals surface area contributed by atoms with Gasteiger partial charge in [-0.3, -0.25) is 0 Å². The third kappa shape index (κ3) is 1.98. The summed E-state index contributed by atoms with van der Waals surface area (Å²) in [4.78, 5) is 2.06. The summed E-state index contributed by atoms with van der Waals surface area (Å²) in [5, 5.41) is 8.97. The van der Waals surface area contributed by atoms with E-state index in [1.54, 1.807) is 6.07 Å². The Morgan fingerprint density at radius 1 is 1.33 bits per heavy atom. The van der Waals surface area contributed by atoms with Crippen molar-refractivity contribution in [2.75, 3.05) is 18.0 Å². The fourth-order valence-corrected chi connectivity index (χ4v) is 2.19. The number of nitriles is 1. The SMILES string of the molecule is N#Cc1cc(Br)c(F)cc1N1CCCC1. The molecular weight excluding hydrogens is 259 g/mol. The summed E-state index contributed by atoms with van der Waals surface area (Å²) in [5.41, 5.74) is 1.25. The van der Waals surface area contributed by atoms with Crippen molar-refractivity contribution in [2.24, 2.45) is 0 Å². The maximum Gasteiger partial charge on any atom is 0.139 e. The third-order valence-electron chi connectivity index (χ3n) is 2.61. The minimum absolute atomic E-state index is 0.309. The van der Waals surface area contributed by atoms with Gasteiger partial charge < -0.3 is 4.90 Å². The molecule has 78 valence electrons. The highest BCUT2D eigenvalue weighted by atomic mass is 79.9. The average Bonchev–Trinajstić information content (AvgIpc) is 2.74. The standard InChI is InChI=1S/C11H10BrFN2/c12-9-5-8(7-14)11(6-10(9)13)15-3-1-2-4-15/h5-6H,1-4H2. The van der Waals surface area contributed by atoms with Crippen molar-refractivity contribution >= 4 is 21.6 Å². The van der Waals surface area contributed by atoms with Gasteiger partial charge in [0.05, 0.1) is 15.7 Å². The molecule has 0 amide bonds. The zero-order valence-corrected chi connectivity index (χ0v) is 9.72. The van der Waals surface area contributed by atoms with Gasteiger partial charge in [-0.1, -0.05) is 0 Å². The molecule has 0 spiro atoms. The van der Waals surface area contributed by atoms with E-state index in [0.717, 1.165) is 31.6 Å². The lowest BCUT2D eigenvalue weighted by Gasteiger charge is -2.19. The largest absolute Gasteiger partial charge is 0.370 e. The molecule has 2 nitrogen and oxygen atoms in total. The molecule has 1 saturated heterocycles.